The van der Waals surface area contributed by atoms with Crippen molar-refractivity contribution in [3.8, 4) is 17.2 Å². The molecule has 3 rings (SSSR count). The van der Waals surface area contributed by atoms with Gasteiger partial charge in [0.1, 0.15) is 5.82 Å². The molecule has 0 fully saturated rings. The van der Waals surface area contributed by atoms with Gasteiger partial charge in [-0.25, -0.2) is 4.98 Å². The van der Waals surface area contributed by atoms with Crippen molar-refractivity contribution in [3.05, 3.63) is 65.9 Å². The minimum atomic E-state index is -0.206. The third kappa shape index (κ3) is 4.76. The number of hydrogen-bond donors (Lipinski definition) is 2. The van der Waals surface area contributed by atoms with Crippen LogP contribution in [0.3, 0.4) is 0 Å². The van der Waals surface area contributed by atoms with E-state index in [1.54, 1.807) is 57.9 Å². The maximum absolute atomic E-state index is 12.3. The van der Waals surface area contributed by atoms with Gasteiger partial charge in [0.15, 0.2) is 11.5 Å². The summed E-state index contributed by atoms with van der Waals surface area (Å²) in [6.07, 6.45) is 1.63. The Labute approximate surface area is 169 Å². The van der Waals surface area contributed by atoms with Gasteiger partial charge in [-0.1, -0.05) is 17.7 Å². The Morgan fingerprint density at radius 3 is 2.03 bits per heavy atom. The first-order chi connectivity index (χ1) is 14.0. The quantitative estimate of drug-likeness (QED) is 0.619. The van der Waals surface area contributed by atoms with Gasteiger partial charge in [0, 0.05) is 23.4 Å². The second-order valence-electron chi connectivity index (χ2n) is 6.29. The van der Waals surface area contributed by atoms with Gasteiger partial charge in [-0.2, -0.15) is 0 Å². The number of aryl methyl sites for hydroxylation is 1. The molecule has 2 aromatic carbocycles. The van der Waals surface area contributed by atoms with Gasteiger partial charge >= 0.3 is 0 Å². The first-order valence-electron chi connectivity index (χ1n) is 8.95. The Bertz CT molecular complexity index is 961. The average Bonchev–Trinajstić information content (AvgIpc) is 2.74. The summed E-state index contributed by atoms with van der Waals surface area (Å²) in [5.74, 6) is 1.87. The van der Waals surface area contributed by atoms with E-state index in [1.165, 1.54) is 0 Å². The number of rotatable bonds is 7. The highest BCUT2D eigenvalue weighted by atomic mass is 16.5. The van der Waals surface area contributed by atoms with Crippen molar-refractivity contribution in [2.45, 2.75) is 6.92 Å². The highest BCUT2D eigenvalue weighted by Gasteiger charge is 2.13. The van der Waals surface area contributed by atoms with Crippen LogP contribution >= 0.6 is 0 Å². The lowest BCUT2D eigenvalue weighted by Gasteiger charge is -2.15. The molecule has 0 aliphatic rings. The zero-order valence-electron chi connectivity index (χ0n) is 16.8. The first kappa shape index (κ1) is 20.0. The summed E-state index contributed by atoms with van der Waals surface area (Å²) in [6, 6.07) is 14.5. The van der Waals surface area contributed by atoms with Gasteiger partial charge in [0.2, 0.25) is 5.75 Å². The Kier molecular flexibility index (Phi) is 6.19. The molecule has 0 unspecified atom stereocenters. The zero-order valence-corrected chi connectivity index (χ0v) is 16.8. The van der Waals surface area contributed by atoms with E-state index in [4.69, 9.17) is 14.2 Å². The smallest absolute Gasteiger partial charge is 0.256 e. The number of nitrogens with zero attached hydrogens (tertiary/aromatic N) is 1. The largest absolute Gasteiger partial charge is 0.493 e. The number of nitrogens with one attached hydrogen (secondary N) is 2. The topological polar surface area (TPSA) is 81.7 Å². The lowest BCUT2D eigenvalue weighted by Crippen LogP contribution is -2.12. The normalized spacial score (nSPS) is 10.2. The van der Waals surface area contributed by atoms with Gasteiger partial charge in [0.05, 0.1) is 33.2 Å². The predicted octanol–water partition coefficient (Wildman–Crippen LogP) is 4.41. The molecule has 0 saturated heterocycles. The Morgan fingerprint density at radius 1 is 0.862 bits per heavy atom. The van der Waals surface area contributed by atoms with E-state index in [9.17, 15) is 4.79 Å². The first-order valence-corrected chi connectivity index (χ1v) is 8.95. The Balaban J connectivity index is 1.72. The summed E-state index contributed by atoms with van der Waals surface area (Å²) in [6.45, 7) is 1.98. The van der Waals surface area contributed by atoms with Crippen LogP contribution in [-0.4, -0.2) is 32.2 Å². The van der Waals surface area contributed by atoms with Crippen LogP contribution in [0.4, 0.5) is 17.2 Å². The average molecular weight is 393 g/mol. The Morgan fingerprint density at radius 2 is 1.52 bits per heavy atom. The fraction of sp³-hybridized carbons (Fsp3) is 0.182. The molecule has 7 nitrogen and oxygen atoms in total. The predicted molar refractivity (Wildman–Crippen MR) is 113 cm³/mol. The minimum absolute atomic E-state index is 0.206. The molecular weight excluding hydrogens is 370 g/mol. The van der Waals surface area contributed by atoms with E-state index >= 15 is 0 Å². The lowest BCUT2D eigenvalue weighted by atomic mass is 10.1. The van der Waals surface area contributed by atoms with E-state index < -0.39 is 0 Å². The molecule has 0 radical (unpaired) electrons. The molecule has 150 valence electrons. The fourth-order valence-corrected chi connectivity index (χ4v) is 2.76. The van der Waals surface area contributed by atoms with Crippen molar-refractivity contribution in [3.63, 3.8) is 0 Å². The van der Waals surface area contributed by atoms with Crippen molar-refractivity contribution in [2.24, 2.45) is 0 Å². The number of ether oxygens (including phenoxy) is 3. The van der Waals surface area contributed by atoms with E-state index in [-0.39, 0.29) is 5.91 Å². The number of hydrogen-bond acceptors (Lipinski definition) is 6. The second-order valence-corrected chi connectivity index (χ2v) is 6.29. The van der Waals surface area contributed by atoms with Crippen LogP contribution < -0.4 is 24.8 Å². The minimum Gasteiger partial charge on any atom is -0.493 e. The zero-order chi connectivity index (χ0) is 20.8. The Hall–Kier alpha value is -3.74. The van der Waals surface area contributed by atoms with E-state index in [0.717, 1.165) is 16.9 Å². The molecule has 3 aromatic rings. The highest BCUT2D eigenvalue weighted by molar-refractivity contribution is 6.03. The molecule has 0 aliphatic heterocycles. The lowest BCUT2D eigenvalue weighted by molar-refractivity contribution is 0.102. The van der Waals surface area contributed by atoms with Gasteiger partial charge in [-0.3, -0.25) is 4.79 Å². The van der Waals surface area contributed by atoms with Crippen LogP contribution in [0.5, 0.6) is 17.2 Å². The monoisotopic (exact) mass is 393 g/mol. The molecule has 7 heteroatoms. The van der Waals surface area contributed by atoms with Gasteiger partial charge in [-0.05, 0) is 31.2 Å². The molecule has 0 spiro atoms. The molecule has 1 heterocycles. The SMILES string of the molecule is COc1cc(Nc2ccc(NC(=O)c3ccc(C)cc3)nc2)cc(OC)c1OC. The van der Waals surface area contributed by atoms with Crippen molar-refractivity contribution in [1.29, 1.82) is 0 Å². The summed E-state index contributed by atoms with van der Waals surface area (Å²) < 4.78 is 16.1. The third-order valence-corrected chi connectivity index (χ3v) is 4.27. The number of carbonyl (C=O) groups excluding carboxylic acids is 1. The van der Waals surface area contributed by atoms with Crippen molar-refractivity contribution in [1.82, 2.24) is 4.98 Å². The number of aromatic nitrogens is 1. The van der Waals surface area contributed by atoms with Crippen molar-refractivity contribution in [2.75, 3.05) is 32.0 Å². The summed E-state index contributed by atoms with van der Waals surface area (Å²) in [5, 5.41) is 6.02. The van der Waals surface area contributed by atoms with Crippen LogP contribution in [0.1, 0.15) is 15.9 Å². The van der Waals surface area contributed by atoms with Crippen LogP contribution in [-0.2, 0) is 0 Å². The number of pyridine rings is 1. The van der Waals surface area contributed by atoms with Crippen molar-refractivity contribution < 1.29 is 19.0 Å². The van der Waals surface area contributed by atoms with Gasteiger partial charge in [0.25, 0.3) is 5.91 Å². The summed E-state index contributed by atoms with van der Waals surface area (Å²) >= 11 is 0. The van der Waals surface area contributed by atoms with E-state index in [2.05, 4.69) is 15.6 Å². The number of amides is 1. The number of methoxy groups -OCH3 is 3. The molecule has 0 saturated carbocycles. The van der Waals surface area contributed by atoms with Crippen LogP contribution in [0.2, 0.25) is 0 Å². The van der Waals surface area contributed by atoms with Crippen LogP contribution in [0.25, 0.3) is 0 Å². The van der Waals surface area contributed by atoms with E-state index in [0.29, 0.717) is 28.6 Å². The molecule has 29 heavy (non-hydrogen) atoms. The molecule has 2 N–H and O–H groups in total. The fourth-order valence-electron chi connectivity index (χ4n) is 2.76. The van der Waals surface area contributed by atoms with Crippen LogP contribution in [0.15, 0.2) is 54.7 Å². The second kappa shape index (κ2) is 8.97. The summed E-state index contributed by atoms with van der Waals surface area (Å²) in [7, 11) is 4.68. The third-order valence-electron chi connectivity index (χ3n) is 4.27. The maximum Gasteiger partial charge on any atom is 0.256 e. The van der Waals surface area contributed by atoms with Gasteiger partial charge in [-0.15, -0.1) is 0 Å². The number of anilines is 3. The van der Waals surface area contributed by atoms with Crippen molar-refractivity contribution >= 4 is 23.1 Å². The summed E-state index contributed by atoms with van der Waals surface area (Å²) in [4.78, 5) is 16.6. The molecule has 0 bridgehead atoms. The van der Waals surface area contributed by atoms with Gasteiger partial charge < -0.3 is 24.8 Å². The van der Waals surface area contributed by atoms with Crippen LogP contribution in [0, 0.1) is 6.92 Å². The highest BCUT2D eigenvalue weighted by Crippen LogP contribution is 2.40. The molecule has 1 amide bonds. The molecular formula is C22H23N3O4. The molecule has 0 aliphatic carbocycles. The number of carbonyl (C=O) groups is 1. The number of benzene rings is 2. The molecule has 1 aromatic heterocycles. The maximum atomic E-state index is 12.3. The standard InChI is InChI=1S/C22H23N3O4/c1-14-5-7-15(8-6-14)22(26)25-20-10-9-16(13-23-20)24-17-11-18(27-2)21(29-4)19(12-17)28-3/h5-13,24H,1-4H3,(H,23,25,26). The molecule has 0 atom stereocenters. The van der Waals surface area contributed by atoms with E-state index in [1.807, 2.05) is 25.1 Å². The summed E-state index contributed by atoms with van der Waals surface area (Å²) in [5.41, 5.74) is 3.17.